The number of carbonyl (C=O) groups excluding carboxylic acids is 1. The van der Waals surface area contributed by atoms with E-state index in [1.54, 1.807) is 0 Å². The van der Waals surface area contributed by atoms with Crippen LogP contribution < -0.4 is 4.74 Å². The van der Waals surface area contributed by atoms with Gasteiger partial charge in [-0.2, -0.15) is 0 Å². The van der Waals surface area contributed by atoms with Gasteiger partial charge in [0.1, 0.15) is 5.75 Å². The molecule has 1 aromatic carbocycles. The van der Waals surface area contributed by atoms with Gasteiger partial charge in [-0.15, -0.1) is 0 Å². The third-order valence-electron chi connectivity index (χ3n) is 5.66. The number of hydrogen-bond acceptors (Lipinski definition) is 4. The van der Waals surface area contributed by atoms with Crippen molar-refractivity contribution in [2.24, 2.45) is 0 Å². The summed E-state index contributed by atoms with van der Waals surface area (Å²) >= 11 is 0. The van der Waals surface area contributed by atoms with Crippen molar-refractivity contribution in [2.75, 3.05) is 39.5 Å². The molecule has 0 bridgehead atoms. The van der Waals surface area contributed by atoms with Gasteiger partial charge in [0.15, 0.2) is 5.78 Å². The standard InChI is InChI=1S/C27H47NO3/c1-5-9-17-28(18-10-6-2)19-16-26(29)25-14-15-27(24(8-4)23-25)31-22-13-12-21-30-20-11-7-3/h14-15,23H,5-13,16-22H2,1-4H3. The van der Waals surface area contributed by atoms with Gasteiger partial charge >= 0.3 is 0 Å². The zero-order chi connectivity index (χ0) is 22.7. The maximum Gasteiger partial charge on any atom is 0.164 e. The predicted molar refractivity (Wildman–Crippen MR) is 131 cm³/mol. The zero-order valence-electron chi connectivity index (χ0n) is 20.7. The molecule has 1 aromatic rings. The van der Waals surface area contributed by atoms with Gasteiger partial charge in [0, 0.05) is 31.7 Å². The van der Waals surface area contributed by atoms with Crippen molar-refractivity contribution in [3.05, 3.63) is 29.3 Å². The first-order valence-corrected chi connectivity index (χ1v) is 12.7. The molecule has 0 radical (unpaired) electrons. The van der Waals surface area contributed by atoms with Crippen LogP contribution in [0.4, 0.5) is 0 Å². The van der Waals surface area contributed by atoms with Crippen LogP contribution in [0.3, 0.4) is 0 Å². The summed E-state index contributed by atoms with van der Waals surface area (Å²) in [6.07, 6.45) is 10.6. The Hall–Kier alpha value is -1.39. The van der Waals surface area contributed by atoms with Crippen LogP contribution in [0.25, 0.3) is 0 Å². The first kappa shape index (κ1) is 27.6. The smallest absolute Gasteiger partial charge is 0.164 e. The first-order chi connectivity index (χ1) is 15.2. The largest absolute Gasteiger partial charge is 0.493 e. The van der Waals surface area contributed by atoms with E-state index in [1.165, 1.54) is 32.1 Å². The van der Waals surface area contributed by atoms with Crippen LogP contribution in [0.15, 0.2) is 18.2 Å². The van der Waals surface area contributed by atoms with Gasteiger partial charge in [-0.05, 0) is 75.4 Å². The van der Waals surface area contributed by atoms with Crippen molar-refractivity contribution in [3.8, 4) is 5.75 Å². The third-order valence-corrected chi connectivity index (χ3v) is 5.66. The Morgan fingerprint density at radius 3 is 2.10 bits per heavy atom. The summed E-state index contributed by atoms with van der Waals surface area (Å²) in [7, 11) is 0. The van der Waals surface area contributed by atoms with Crippen molar-refractivity contribution in [2.45, 2.75) is 91.9 Å². The van der Waals surface area contributed by atoms with Crippen LogP contribution >= 0.6 is 0 Å². The molecule has 0 aliphatic rings. The highest BCUT2D eigenvalue weighted by Crippen LogP contribution is 2.22. The Morgan fingerprint density at radius 1 is 0.806 bits per heavy atom. The number of aryl methyl sites for hydroxylation is 1. The minimum Gasteiger partial charge on any atom is -0.493 e. The van der Waals surface area contributed by atoms with E-state index >= 15 is 0 Å². The van der Waals surface area contributed by atoms with Gasteiger partial charge in [-0.25, -0.2) is 0 Å². The summed E-state index contributed by atoms with van der Waals surface area (Å²) in [5.41, 5.74) is 1.94. The van der Waals surface area contributed by atoms with Crippen LogP contribution in [-0.2, 0) is 11.2 Å². The second kappa shape index (κ2) is 18.2. The number of ketones is 1. The molecule has 178 valence electrons. The summed E-state index contributed by atoms with van der Waals surface area (Å²) < 4.78 is 11.6. The average molecular weight is 434 g/mol. The number of unbranched alkanes of at least 4 members (excludes halogenated alkanes) is 4. The summed E-state index contributed by atoms with van der Waals surface area (Å²) in [6.45, 7) is 14.2. The van der Waals surface area contributed by atoms with Crippen LogP contribution in [0.2, 0.25) is 0 Å². The lowest BCUT2D eigenvalue weighted by molar-refractivity contribution is 0.0963. The highest BCUT2D eigenvalue weighted by Gasteiger charge is 2.12. The predicted octanol–water partition coefficient (Wildman–Crippen LogP) is 6.70. The number of carbonyl (C=O) groups is 1. The van der Waals surface area contributed by atoms with Crippen molar-refractivity contribution in [3.63, 3.8) is 0 Å². The SMILES string of the molecule is CCCCOCCCCOc1ccc(C(=O)CCN(CCCC)CCCC)cc1CC. The lowest BCUT2D eigenvalue weighted by Gasteiger charge is -2.21. The molecular formula is C27H47NO3. The Kier molecular flexibility index (Phi) is 16.2. The molecule has 0 aromatic heterocycles. The zero-order valence-corrected chi connectivity index (χ0v) is 20.7. The average Bonchev–Trinajstić information content (AvgIpc) is 2.80. The van der Waals surface area contributed by atoms with Crippen LogP contribution in [-0.4, -0.2) is 50.1 Å². The molecule has 0 aliphatic heterocycles. The summed E-state index contributed by atoms with van der Waals surface area (Å²) in [4.78, 5) is 15.3. The minimum absolute atomic E-state index is 0.239. The van der Waals surface area contributed by atoms with E-state index in [9.17, 15) is 4.79 Å². The lowest BCUT2D eigenvalue weighted by atomic mass is 10.0. The van der Waals surface area contributed by atoms with E-state index in [-0.39, 0.29) is 5.78 Å². The number of ether oxygens (including phenoxy) is 2. The molecule has 0 unspecified atom stereocenters. The molecule has 0 saturated carbocycles. The number of hydrogen-bond donors (Lipinski definition) is 0. The van der Waals surface area contributed by atoms with Crippen molar-refractivity contribution >= 4 is 5.78 Å². The molecular weight excluding hydrogens is 386 g/mol. The van der Waals surface area contributed by atoms with E-state index in [0.717, 1.165) is 75.4 Å². The molecule has 4 nitrogen and oxygen atoms in total. The highest BCUT2D eigenvalue weighted by atomic mass is 16.5. The normalized spacial score (nSPS) is 11.3. The van der Waals surface area contributed by atoms with Gasteiger partial charge in [-0.3, -0.25) is 4.79 Å². The minimum atomic E-state index is 0.239. The molecule has 0 N–H and O–H groups in total. The topological polar surface area (TPSA) is 38.8 Å². The molecule has 1 rings (SSSR count). The summed E-state index contributed by atoms with van der Waals surface area (Å²) in [6, 6.07) is 5.96. The molecule has 4 heteroatoms. The van der Waals surface area contributed by atoms with E-state index in [0.29, 0.717) is 13.0 Å². The molecule has 0 spiro atoms. The highest BCUT2D eigenvalue weighted by molar-refractivity contribution is 5.96. The maximum absolute atomic E-state index is 12.8. The van der Waals surface area contributed by atoms with Gasteiger partial charge in [0.2, 0.25) is 0 Å². The van der Waals surface area contributed by atoms with Crippen LogP contribution in [0, 0.1) is 0 Å². The molecule has 0 saturated heterocycles. The van der Waals surface area contributed by atoms with Gasteiger partial charge in [-0.1, -0.05) is 47.0 Å². The Balaban J connectivity index is 2.48. The van der Waals surface area contributed by atoms with Gasteiger partial charge < -0.3 is 14.4 Å². The van der Waals surface area contributed by atoms with Crippen LogP contribution in [0.5, 0.6) is 5.75 Å². The summed E-state index contributed by atoms with van der Waals surface area (Å²) in [5, 5.41) is 0. The van der Waals surface area contributed by atoms with Crippen LogP contribution in [0.1, 0.15) is 101 Å². The number of rotatable bonds is 20. The van der Waals surface area contributed by atoms with Gasteiger partial charge in [0.25, 0.3) is 0 Å². The Morgan fingerprint density at radius 2 is 1.45 bits per heavy atom. The van der Waals surface area contributed by atoms with E-state index < -0.39 is 0 Å². The second-order valence-corrected chi connectivity index (χ2v) is 8.42. The van der Waals surface area contributed by atoms with E-state index in [2.05, 4.69) is 32.6 Å². The van der Waals surface area contributed by atoms with Crippen molar-refractivity contribution in [1.29, 1.82) is 0 Å². The molecule has 0 amide bonds. The fourth-order valence-electron chi connectivity index (χ4n) is 3.51. The molecule has 31 heavy (non-hydrogen) atoms. The second-order valence-electron chi connectivity index (χ2n) is 8.42. The molecule has 0 aliphatic carbocycles. The maximum atomic E-state index is 12.8. The fourth-order valence-corrected chi connectivity index (χ4v) is 3.51. The molecule has 0 fully saturated rings. The van der Waals surface area contributed by atoms with Gasteiger partial charge in [0.05, 0.1) is 6.61 Å². The first-order valence-electron chi connectivity index (χ1n) is 12.7. The third kappa shape index (κ3) is 12.3. The number of benzene rings is 1. The molecule has 0 atom stereocenters. The monoisotopic (exact) mass is 433 g/mol. The number of Topliss-reactive ketones (excluding diaryl/α,β-unsaturated/α-hetero) is 1. The number of nitrogens with zero attached hydrogens (tertiary/aromatic N) is 1. The Labute approximate surface area is 191 Å². The van der Waals surface area contributed by atoms with Crippen molar-refractivity contribution in [1.82, 2.24) is 4.90 Å². The Bertz CT molecular complexity index is 580. The lowest BCUT2D eigenvalue weighted by Crippen LogP contribution is -2.28. The van der Waals surface area contributed by atoms with E-state index in [1.807, 2.05) is 18.2 Å². The molecule has 0 heterocycles. The van der Waals surface area contributed by atoms with Crippen molar-refractivity contribution < 1.29 is 14.3 Å². The fraction of sp³-hybridized carbons (Fsp3) is 0.741. The quantitative estimate of drug-likeness (QED) is 0.169. The summed E-state index contributed by atoms with van der Waals surface area (Å²) in [5.74, 6) is 1.15. The van der Waals surface area contributed by atoms with E-state index in [4.69, 9.17) is 9.47 Å².